The van der Waals surface area contributed by atoms with Crippen LogP contribution in [0.3, 0.4) is 0 Å². The van der Waals surface area contributed by atoms with Crippen LogP contribution in [0, 0.1) is 11.6 Å². The molecule has 82 valence electrons. The fraction of sp³-hybridized carbons (Fsp3) is 0. The number of nitrogens with zero attached hydrogens (tertiary/aromatic N) is 1. The van der Waals surface area contributed by atoms with Gasteiger partial charge in [-0.25, -0.2) is 13.9 Å². The SMILES string of the molecule is O=c1[nH]nc(Cl)cc1-c1c(F)cccc1F. The third-order valence-electron chi connectivity index (χ3n) is 2.00. The molecule has 2 rings (SSSR count). The van der Waals surface area contributed by atoms with Crippen molar-refractivity contribution < 1.29 is 8.78 Å². The van der Waals surface area contributed by atoms with E-state index in [1.807, 2.05) is 0 Å². The predicted octanol–water partition coefficient (Wildman–Crippen LogP) is 2.37. The summed E-state index contributed by atoms with van der Waals surface area (Å²) in [5, 5.41) is 5.41. The average molecular weight is 243 g/mol. The number of aromatic amines is 1. The molecule has 0 aliphatic heterocycles. The molecule has 1 N–H and O–H groups in total. The average Bonchev–Trinajstić information content (AvgIpc) is 2.23. The molecule has 1 heterocycles. The highest BCUT2D eigenvalue weighted by Gasteiger charge is 2.14. The van der Waals surface area contributed by atoms with Gasteiger partial charge in [-0.3, -0.25) is 4.79 Å². The van der Waals surface area contributed by atoms with E-state index in [0.717, 1.165) is 18.2 Å². The smallest absolute Gasteiger partial charge is 0.267 e. The summed E-state index contributed by atoms with van der Waals surface area (Å²) in [4.78, 5) is 11.4. The van der Waals surface area contributed by atoms with Crippen molar-refractivity contribution >= 4 is 11.6 Å². The minimum atomic E-state index is -0.826. The molecule has 0 atom stereocenters. The monoisotopic (exact) mass is 242 g/mol. The molecule has 0 spiro atoms. The van der Waals surface area contributed by atoms with Crippen LogP contribution >= 0.6 is 11.6 Å². The Labute approximate surface area is 93.7 Å². The second-order valence-electron chi connectivity index (χ2n) is 3.03. The second-order valence-corrected chi connectivity index (χ2v) is 3.42. The van der Waals surface area contributed by atoms with Gasteiger partial charge in [-0.1, -0.05) is 17.7 Å². The van der Waals surface area contributed by atoms with Gasteiger partial charge in [0, 0.05) is 0 Å². The molecule has 0 bridgehead atoms. The van der Waals surface area contributed by atoms with Gasteiger partial charge in [-0.05, 0) is 18.2 Å². The van der Waals surface area contributed by atoms with Gasteiger partial charge >= 0.3 is 0 Å². The maximum Gasteiger partial charge on any atom is 0.272 e. The van der Waals surface area contributed by atoms with Crippen molar-refractivity contribution in [2.75, 3.05) is 0 Å². The van der Waals surface area contributed by atoms with Crippen molar-refractivity contribution in [3.8, 4) is 11.1 Å². The minimum Gasteiger partial charge on any atom is -0.267 e. The fourth-order valence-electron chi connectivity index (χ4n) is 1.32. The largest absolute Gasteiger partial charge is 0.272 e. The molecule has 0 fully saturated rings. The van der Waals surface area contributed by atoms with E-state index < -0.39 is 22.8 Å². The normalized spacial score (nSPS) is 10.4. The zero-order valence-electron chi connectivity index (χ0n) is 7.80. The molecule has 16 heavy (non-hydrogen) atoms. The number of benzene rings is 1. The lowest BCUT2D eigenvalue weighted by Crippen LogP contribution is -2.12. The maximum absolute atomic E-state index is 13.4. The summed E-state index contributed by atoms with van der Waals surface area (Å²) in [5.41, 5.74) is -1.29. The molecule has 3 nitrogen and oxygen atoms in total. The van der Waals surface area contributed by atoms with E-state index in [1.54, 1.807) is 0 Å². The van der Waals surface area contributed by atoms with E-state index in [-0.39, 0.29) is 10.7 Å². The Kier molecular flexibility index (Phi) is 2.70. The number of halogens is 3. The van der Waals surface area contributed by atoms with Gasteiger partial charge in [0.05, 0.1) is 11.1 Å². The Morgan fingerprint density at radius 2 is 1.88 bits per heavy atom. The molecule has 0 amide bonds. The van der Waals surface area contributed by atoms with Gasteiger partial charge < -0.3 is 0 Å². The van der Waals surface area contributed by atoms with Crippen molar-refractivity contribution in [3.63, 3.8) is 0 Å². The molecule has 0 unspecified atom stereocenters. The Morgan fingerprint density at radius 3 is 2.50 bits per heavy atom. The highest BCUT2D eigenvalue weighted by molar-refractivity contribution is 6.29. The standard InChI is InChI=1S/C10H5ClF2N2O/c11-8-4-5(10(16)15-14-8)9-6(12)2-1-3-7(9)13/h1-4H,(H,15,16). The lowest BCUT2D eigenvalue weighted by Gasteiger charge is -2.03. The molecule has 2 aromatic rings. The van der Waals surface area contributed by atoms with Crippen LogP contribution in [0.4, 0.5) is 8.78 Å². The topological polar surface area (TPSA) is 45.8 Å². The van der Waals surface area contributed by atoms with Gasteiger partial charge in [-0.2, -0.15) is 5.10 Å². The lowest BCUT2D eigenvalue weighted by atomic mass is 10.1. The number of rotatable bonds is 1. The fourth-order valence-corrected chi connectivity index (χ4v) is 1.47. The van der Waals surface area contributed by atoms with Crippen molar-refractivity contribution in [3.05, 3.63) is 51.4 Å². The first-order valence-corrected chi connectivity index (χ1v) is 4.67. The molecular formula is C10H5ClF2N2O. The number of nitrogens with one attached hydrogen (secondary N) is 1. The Hall–Kier alpha value is -1.75. The highest BCUT2D eigenvalue weighted by atomic mass is 35.5. The number of aromatic nitrogens is 2. The van der Waals surface area contributed by atoms with Crippen LogP contribution in [0.2, 0.25) is 5.15 Å². The van der Waals surface area contributed by atoms with Crippen LogP contribution in [0.25, 0.3) is 11.1 Å². The molecule has 0 radical (unpaired) electrons. The van der Waals surface area contributed by atoms with Crippen LogP contribution in [0.1, 0.15) is 0 Å². The van der Waals surface area contributed by atoms with E-state index >= 15 is 0 Å². The van der Waals surface area contributed by atoms with E-state index in [0.29, 0.717) is 0 Å². The van der Waals surface area contributed by atoms with E-state index in [4.69, 9.17) is 11.6 Å². The molecule has 0 aliphatic rings. The molecule has 0 aliphatic carbocycles. The summed E-state index contributed by atoms with van der Waals surface area (Å²) in [5.74, 6) is -1.65. The maximum atomic E-state index is 13.4. The predicted molar refractivity (Wildman–Crippen MR) is 55.2 cm³/mol. The number of H-pyrrole nitrogens is 1. The number of hydrogen-bond donors (Lipinski definition) is 1. The molecule has 1 aromatic heterocycles. The van der Waals surface area contributed by atoms with Crippen LogP contribution in [0.15, 0.2) is 29.1 Å². The Bertz CT molecular complexity index is 577. The van der Waals surface area contributed by atoms with Gasteiger partial charge in [0.2, 0.25) is 0 Å². The first kappa shape index (κ1) is 10.8. The molecule has 1 aromatic carbocycles. The zero-order valence-corrected chi connectivity index (χ0v) is 8.55. The summed E-state index contributed by atoms with van der Waals surface area (Å²) in [6.45, 7) is 0. The van der Waals surface area contributed by atoms with E-state index in [2.05, 4.69) is 10.2 Å². The van der Waals surface area contributed by atoms with Crippen LogP contribution in [0.5, 0.6) is 0 Å². The van der Waals surface area contributed by atoms with Crippen LogP contribution in [-0.2, 0) is 0 Å². The quantitative estimate of drug-likeness (QED) is 0.834. The van der Waals surface area contributed by atoms with Crippen molar-refractivity contribution in [2.24, 2.45) is 0 Å². The first-order valence-electron chi connectivity index (χ1n) is 4.29. The zero-order chi connectivity index (χ0) is 11.7. The van der Waals surface area contributed by atoms with Crippen molar-refractivity contribution in [2.45, 2.75) is 0 Å². The first-order chi connectivity index (χ1) is 7.59. The third-order valence-corrected chi connectivity index (χ3v) is 2.20. The summed E-state index contributed by atoms with van der Waals surface area (Å²) >= 11 is 5.55. The molecule has 0 saturated carbocycles. The highest BCUT2D eigenvalue weighted by Crippen LogP contribution is 2.23. The summed E-state index contributed by atoms with van der Waals surface area (Å²) < 4.78 is 26.8. The van der Waals surface area contributed by atoms with Gasteiger partial charge in [0.15, 0.2) is 0 Å². The van der Waals surface area contributed by atoms with Gasteiger partial charge in [0.25, 0.3) is 5.56 Å². The molecular weight excluding hydrogens is 238 g/mol. The Morgan fingerprint density at radius 1 is 1.25 bits per heavy atom. The van der Waals surface area contributed by atoms with E-state index in [1.165, 1.54) is 6.07 Å². The third kappa shape index (κ3) is 1.81. The Balaban J connectivity index is 2.77. The second kappa shape index (κ2) is 4.02. The van der Waals surface area contributed by atoms with Crippen molar-refractivity contribution in [1.82, 2.24) is 10.2 Å². The molecule has 6 heteroatoms. The summed E-state index contributed by atoms with van der Waals surface area (Å²) in [6.07, 6.45) is 0. The van der Waals surface area contributed by atoms with Crippen LogP contribution < -0.4 is 5.56 Å². The lowest BCUT2D eigenvalue weighted by molar-refractivity contribution is 0.589. The summed E-state index contributed by atoms with van der Waals surface area (Å²) in [6, 6.07) is 4.45. The molecule has 0 saturated heterocycles. The minimum absolute atomic E-state index is 0.0442. The number of hydrogen-bond acceptors (Lipinski definition) is 2. The van der Waals surface area contributed by atoms with E-state index in [9.17, 15) is 13.6 Å². The summed E-state index contributed by atoms with van der Waals surface area (Å²) in [7, 11) is 0. The van der Waals surface area contributed by atoms with Crippen molar-refractivity contribution in [1.29, 1.82) is 0 Å². The van der Waals surface area contributed by atoms with Crippen LogP contribution in [-0.4, -0.2) is 10.2 Å². The van der Waals surface area contributed by atoms with Gasteiger partial charge in [-0.15, -0.1) is 0 Å². The van der Waals surface area contributed by atoms with Gasteiger partial charge in [0.1, 0.15) is 16.8 Å².